The number of hydrogen-bond acceptors (Lipinski definition) is 8. The monoisotopic (exact) mass is 334 g/mol. The summed E-state index contributed by atoms with van der Waals surface area (Å²) in [5, 5.41) is 44.2. The van der Waals surface area contributed by atoms with Crippen LogP contribution in [0.2, 0.25) is 0 Å². The van der Waals surface area contributed by atoms with Crippen LogP contribution in [-0.2, 0) is 0 Å². The molecule has 0 unspecified atom stereocenters. The van der Waals surface area contributed by atoms with Gasteiger partial charge in [-0.15, -0.1) is 0 Å². The van der Waals surface area contributed by atoms with Crippen molar-refractivity contribution in [2.45, 2.75) is 0 Å². The summed E-state index contributed by atoms with van der Waals surface area (Å²) in [6, 6.07) is 5.32. The number of hydrogen-bond donors (Lipinski definition) is 0. The molecule has 0 aliphatic rings. The van der Waals surface area contributed by atoms with Crippen molar-refractivity contribution >= 4 is 22.7 Å². The van der Waals surface area contributed by atoms with Crippen LogP contribution in [0.25, 0.3) is 11.1 Å². The summed E-state index contributed by atoms with van der Waals surface area (Å²) in [5.41, 5.74) is -3.95. The van der Waals surface area contributed by atoms with Gasteiger partial charge < -0.3 is 0 Å². The van der Waals surface area contributed by atoms with E-state index in [0.29, 0.717) is 6.07 Å². The summed E-state index contributed by atoms with van der Waals surface area (Å²) in [7, 11) is 0. The highest BCUT2D eigenvalue weighted by molar-refractivity contribution is 5.87. The molecule has 0 bridgehead atoms. The lowest BCUT2D eigenvalue weighted by Crippen LogP contribution is -2.01. The Hall–Kier alpha value is -3.96. The molecule has 0 radical (unpaired) electrons. The van der Waals surface area contributed by atoms with Crippen molar-refractivity contribution < 1.29 is 19.7 Å². The number of nitro groups is 4. The van der Waals surface area contributed by atoms with Gasteiger partial charge in [0.25, 0.3) is 22.7 Å². The second-order valence-electron chi connectivity index (χ2n) is 4.40. The van der Waals surface area contributed by atoms with Gasteiger partial charge in [0.05, 0.1) is 31.3 Å². The third-order valence-electron chi connectivity index (χ3n) is 3.07. The van der Waals surface area contributed by atoms with Gasteiger partial charge in [0, 0.05) is 18.2 Å². The second-order valence-corrected chi connectivity index (χ2v) is 4.40. The first kappa shape index (κ1) is 16.4. The average molecular weight is 334 g/mol. The van der Waals surface area contributed by atoms with Gasteiger partial charge in [0.1, 0.15) is 5.56 Å². The van der Waals surface area contributed by atoms with Crippen molar-refractivity contribution in [3.8, 4) is 11.1 Å². The van der Waals surface area contributed by atoms with Crippen LogP contribution in [0.5, 0.6) is 0 Å². The van der Waals surface area contributed by atoms with E-state index in [-0.39, 0.29) is 0 Å². The van der Waals surface area contributed by atoms with Crippen molar-refractivity contribution in [2.75, 3.05) is 0 Å². The molecule has 0 spiro atoms. The van der Waals surface area contributed by atoms with Gasteiger partial charge in [-0.05, 0) is 12.1 Å². The topological polar surface area (TPSA) is 173 Å². The molecule has 0 aromatic heterocycles. The molecule has 0 saturated heterocycles. The normalized spacial score (nSPS) is 10.2. The molecule has 2 rings (SSSR count). The van der Waals surface area contributed by atoms with Crippen LogP contribution in [-0.4, -0.2) is 19.7 Å². The van der Waals surface area contributed by atoms with E-state index < -0.39 is 53.6 Å². The molecular formula is C12H6N4O8. The number of benzene rings is 2. The molecule has 0 saturated carbocycles. The Morgan fingerprint density at radius 2 is 1.12 bits per heavy atom. The third kappa shape index (κ3) is 2.83. The third-order valence-corrected chi connectivity index (χ3v) is 3.07. The van der Waals surface area contributed by atoms with Gasteiger partial charge in [-0.25, -0.2) is 0 Å². The van der Waals surface area contributed by atoms with E-state index in [4.69, 9.17) is 0 Å². The summed E-state index contributed by atoms with van der Waals surface area (Å²) in [6.07, 6.45) is 0. The maximum absolute atomic E-state index is 11.2. The highest BCUT2D eigenvalue weighted by Gasteiger charge is 2.32. The molecule has 0 atom stereocenters. The summed E-state index contributed by atoms with van der Waals surface area (Å²) in [4.78, 5) is 40.5. The highest BCUT2D eigenvalue weighted by Crippen LogP contribution is 2.43. The second kappa shape index (κ2) is 6.04. The van der Waals surface area contributed by atoms with Gasteiger partial charge in [-0.3, -0.25) is 40.5 Å². The number of rotatable bonds is 5. The minimum atomic E-state index is -0.997. The average Bonchev–Trinajstić information content (AvgIpc) is 2.53. The van der Waals surface area contributed by atoms with Crippen molar-refractivity contribution in [1.82, 2.24) is 0 Å². The van der Waals surface area contributed by atoms with Crippen molar-refractivity contribution in [2.24, 2.45) is 0 Å². The fraction of sp³-hybridized carbons (Fsp3) is 0. The van der Waals surface area contributed by atoms with E-state index >= 15 is 0 Å². The Labute approximate surface area is 131 Å². The molecule has 0 fully saturated rings. The first-order valence-electron chi connectivity index (χ1n) is 6.09. The molecule has 24 heavy (non-hydrogen) atoms. The predicted molar refractivity (Wildman–Crippen MR) is 78.5 cm³/mol. The van der Waals surface area contributed by atoms with Gasteiger partial charge in [-0.1, -0.05) is 0 Å². The number of non-ortho nitro benzene ring substituents is 1. The lowest BCUT2D eigenvalue weighted by Gasteiger charge is -2.05. The van der Waals surface area contributed by atoms with Gasteiger partial charge in [-0.2, -0.15) is 0 Å². The van der Waals surface area contributed by atoms with Crippen LogP contribution in [0.15, 0.2) is 36.4 Å². The Morgan fingerprint density at radius 3 is 1.54 bits per heavy atom. The molecular weight excluding hydrogens is 328 g/mol. The van der Waals surface area contributed by atoms with Gasteiger partial charge >= 0.3 is 0 Å². The number of nitro benzene ring substituents is 4. The zero-order valence-electron chi connectivity index (χ0n) is 11.5. The van der Waals surface area contributed by atoms with Crippen LogP contribution < -0.4 is 0 Å². The standard InChI is InChI=1S/C12H6N4O8/c17-13(18)7-4-5-8(11(6-7)16(23)24)12-9(14(19)20)2-1-3-10(12)15(21)22/h1-6H. The molecule has 0 aliphatic carbocycles. The molecule has 0 amide bonds. The van der Waals surface area contributed by atoms with Gasteiger partial charge in [0.15, 0.2) is 0 Å². The zero-order valence-corrected chi connectivity index (χ0v) is 11.5. The van der Waals surface area contributed by atoms with E-state index in [1.807, 2.05) is 0 Å². The Kier molecular flexibility index (Phi) is 4.13. The van der Waals surface area contributed by atoms with Crippen LogP contribution in [0.1, 0.15) is 0 Å². The SMILES string of the molecule is O=[N+]([O-])c1ccc(-c2c([N+](=O)[O-])cccc2[N+](=O)[O-])c([N+](=O)[O-])c1. The van der Waals surface area contributed by atoms with Crippen molar-refractivity contribution in [1.29, 1.82) is 0 Å². The minimum Gasteiger partial charge on any atom is -0.258 e. The van der Waals surface area contributed by atoms with Crippen LogP contribution in [0, 0.1) is 40.5 Å². The minimum absolute atomic E-state index is 0.454. The fourth-order valence-corrected chi connectivity index (χ4v) is 2.10. The molecule has 2 aromatic carbocycles. The Balaban J connectivity index is 2.90. The highest BCUT2D eigenvalue weighted by atomic mass is 16.6. The van der Waals surface area contributed by atoms with Crippen molar-refractivity contribution in [3.05, 3.63) is 76.9 Å². The maximum Gasteiger partial charge on any atom is 0.284 e. The summed E-state index contributed by atoms with van der Waals surface area (Å²) >= 11 is 0. The van der Waals surface area contributed by atoms with Crippen LogP contribution in [0.4, 0.5) is 22.7 Å². The van der Waals surface area contributed by atoms with E-state index in [0.717, 1.165) is 30.3 Å². The quantitative estimate of drug-likeness (QED) is 0.592. The fourth-order valence-electron chi connectivity index (χ4n) is 2.10. The lowest BCUT2D eigenvalue weighted by atomic mass is 9.99. The first-order valence-corrected chi connectivity index (χ1v) is 6.09. The largest absolute Gasteiger partial charge is 0.284 e. The van der Waals surface area contributed by atoms with Crippen LogP contribution >= 0.6 is 0 Å². The molecule has 12 heteroatoms. The van der Waals surface area contributed by atoms with Crippen LogP contribution in [0.3, 0.4) is 0 Å². The van der Waals surface area contributed by atoms with Crippen molar-refractivity contribution in [3.63, 3.8) is 0 Å². The molecule has 0 N–H and O–H groups in total. The Morgan fingerprint density at radius 1 is 0.625 bits per heavy atom. The number of nitrogens with zero attached hydrogens (tertiary/aromatic N) is 4. The predicted octanol–water partition coefficient (Wildman–Crippen LogP) is 2.99. The molecule has 2 aromatic rings. The van der Waals surface area contributed by atoms with E-state index in [1.54, 1.807) is 0 Å². The zero-order chi connectivity index (χ0) is 18.0. The smallest absolute Gasteiger partial charge is 0.258 e. The lowest BCUT2D eigenvalue weighted by molar-refractivity contribution is -0.395. The molecule has 0 heterocycles. The molecule has 122 valence electrons. The van der Waals surface area contributed by atoms with Gasteiger partial charge in [0.2, 0.25) is 0 Å². The molecule has 12 nitrogen and oxygen atoms in total. The maximum atomic E-state index is 11.2. The summed E-state index contributed by atoms with van der Waals surface area (Å²) < 4.78 is 0. The van der Waals surface area contributed by atoms with E-state index in [2.05, 4.69) is 0 Å². The first-order chi connectivity index (χ1) is 11.2. The summed E-state index contributed by atoms with van der Waals surface area (Å²) in [6.45, 7) is 0. The molecule has 0 aliphatic heterocycles. The van der Waals surface area contributed by atoms with E-state index in [9.17, 15) is 40.5 Å². The van der Waals surface area contributed by atoms with E-state index in [1.165, 1.54) is 0 Å². The summed E-state index contributed by atoms with van der Waals surface area (Å²) in [5.74, 6) is 0. The Bertz CT molecular complexity index is 862.